The van der Waals surface area contributed by atoms with E-state index in [9.17, 15) is 8.42 Å². The normalized spacial score (nSPS) is 20.6. The second-order valence-corrected chi connectivity index (χ2v) is 7.40. The Kier molecular flexibility index (Phi) is 5.11. The van der Waals surface area contributed by atoms with Gasteiger partial charge in [-0.1, -0.05) is 11.6 Å². The van der Waals surface area contributed by atoms with E-state index in [0.29, 0.717) is 23.7 Å². The van der Waals surface area contributed by atoms with Crippen molar-refractivity contribution in [1.29, 1.82) is 0 Å². The molecule has 21 heavy (non-hydrogen) atoms. The van der Waals surface area contributed by atoms with Crippen LogP contribution in [0.1, 0.15) is 5.56 Å². The van der Waals surface area contributed by atoms with Gasteiger partial charge in [-0.25, -0.2) is 13.1 Å². The van der Waals surface area contributed by atoms with E-state index in [1.54, 1.807) is 6.92 Å². The third kappa shape index (κ3) is 4.08. The monoisotopic (exact) mass is 333 g/mol. The molecule has 1 aliphatic rings. The van der Waals surface area contributed by atoms with Crippen LogP contribution in [0.25, 0.3) is 0 Å². The van der Waals surface area contributed by atoms with Crippen LogP contribution in [0.5, 0.6) is 0 Å². The van der Waals surface area contributed by atoms with Gasteiger partial charge in [0.25, 0.3) is 0 Å². The summed E-state index contributed by atoms with van der Waals surface area (Å²) in [7, 11) is -1.65. The maximum absolute atomic E-state index is 12.3. The highest BCUT2D eigenvalue weighted by molar-refractivity contribution is 7.89. The standard InChI is InChI=1S/C13H20ClN3O3S/c1-9-5-11(6-12(15)13(9)14)21(18,19)16-7-10-8-17(2)3-4-20-10/h5-6,10,16H,3-4,7-8,15H2,1-2H3. The van der Waals surface area contributed by atoms with E-state index in [-0.39, 0.29) is 23.2 Å². The number of morpholine rings is 1. The van der Waals surface area contributed by atoms with Crippen LogP contribution in [0.15, 0.2) is 17.0 Å². The van der Waals surface area contributed by atoms with Crippen LogP contribution in [-0.2, 0) is 14.8 Å². The summed E-state index contributed by atoms with van der Waals surface area (Å²) in [4.78, 5) is 2.22. The second-order valence-electron chi connectivity index (χ2n) is 5.25. The molecule has 0 saturated carbocycles. The van der Waals surface area contributed by atoms with Gasteiger partial charge in [0, 0.05) is 19.6 Å². The molecule has 1 saturated heterocycles. The Labute approximate surface area is 130 Å². The Morgan fingerprint density at radius 3 is 2.86 bits per heavy atom. The molecule has 1 aromatic carbocycles. The summed E-state index contributed by atoms with van der Waals surface area (Å²) in [6.45, 7) is 4.11. The second kappa shape index (κ2) is 6.50. The minimum Gasteiger partial charge on any atom is -0.397 e. The van der Waals surface area contributed by atoms with Crippen LogP contribution in [0.3, 0.4) is 0 Å². The van der Waals surface area contributed by atoms with E-state index in [1.165, 1.54) is 12.1 Å². The smallest absolute Gasteiger partial charge is 0.240 e. The van der Waals surface area contributed by atoms with Crippen molar-refractivity contribution >= 4 is 27.3 Å². The Balaban J connectivity index is 2.08. The largest absolute Gasteiger partial charge is 0.397 e. The van der Waals surface area contributed by atoms with Gasteiger partial charge < -0.3 is 15.4 Å². The van der Waals surface area contributed by atoms with Crippen molar-refractivity contribution < 1.29 is 13.2 Å². The van der Waals surface area contributed by atoms with Crippen LogP contribution >= 0.6 is 11.6 Å². The van der Waals surface area contributed by atoms with Gasteiger partial charge in [-0.15, -0.1) is 0 Å². The fraction of sp³-hybridized carbons (Fsp3) is 0.538. The van der Waals surface area contributed by atoms with Crippen LogP contribution in [0, 0.1) is 6.92 Å². The van der Waals surface area contributed by atoms with Crippen molar-refractivity contribution in [1.82, 2.24) is 9.62 Å². The molecule has 1 aromatic rings. The van der Waals surface area contributed by atoms with Crippen molar-refractivity contribution in [2.45, 2.75) is 17.9 Å². The summed E-state index contributed by atoms with van der Waals surface area (Å²) in [5.41, 5.74) is 6.61. The molecule has 1 unspecified atom stereocenters. The Hall–Kier alpha value is -0.860. The van der Waals surface area contributed by atoms with E-state index >= 15 is 0 Å². The zero-order valence-corrected chi connectivity index (χ0v) is 13.7. The number of ether oxygens (including phenoxy) is 1. The Morgan fingerprint density at radius 2 is 2.24 bits per heavy atom. The minimum atomic E-state index is -3.63. The molecule has 0 radical (unpaired) electrons. The number of hydrogen-bond donors (Lipinski definition) is 2. The molecular formula is C13H20ClN3O3S. The number of likely N-dealkylation sites (N-methyl/N-ethyl adjacent to an activating group) is 1. The summed E-state index contributed by atoms with van der Waals surface area (Å²) in [5, 5.41) is 0.381. The highest BCUT2D eigenvalue weighted by Crippen LogP contribution is 2.26. The van der Waals surface area contributed by atoms with Crippen molar-refractivity contribution in [2.24, 2.45) is 0 Å². The molecule has 3 N–H and O–H groups in total. The summed E-state index contributed by atoms with van der Waals surface area (Å²) < 4.78 is 32.7. The molecule has 0 amide bonds. The lowest BCUT2D eigenvalue weighted by molar-refractivity contribution is -0.0156. The first kappa shape index (κ1) is 16.5. The Morgan fingerprint density at radius 1 is 1.52 bits per heavy atom. The van der Waals surface area contributed by atoms with E-state index in [1.807, 2.05) is 7.05 Å². The molecule has 2 rings (SSSR count). The van der Waals surface area contributed by atoms with Crippen LogP contribution < -0.4 is 10.5 Å². The fourth-order valence-electron chi connectivity index (χ4n) is 2.19. The number of nitrogen functional groups attached to an aromatic ring is 1. The van der Waals surface area contributed by atoms with Crippen LogP contribution in [0.4, 0.5) is 5.69 Å². The molecule has 1 fully saturated rings. The van der Waals surface area contributed by atoms with E-state index in [4.69, 9.17) is 22.1 Å². The van der Waals surface area contributed by atoms with Crippen LogP contribution in [0.2, 0.25) is 5.02 Å². The number of nitrogens with two attached hydrogens (primary N) is 1. The number of benzene rings is 1. The lowest BCUT2D eigenvalue weighted by atomic mass is 10.2. The molecule has 0 spiro atoms. The molecule has 1 aliphatic heterocycles. The maximum atomic E-state index is 12.3. The summed E-state index contributed by atoms with van der Waals surface area (Å²) >= 11 is 5.95. The van der Waals surface area contributed by atoms with Gasteiger partial charge in [0.05, 0.1) is 28.3 Å². The number of sulfonamides is 1. The first-order chi connectivity index (χ1) is 9.79. The zero-order valence-electron chi connectivity index (χ0n) is 12.1. The highest BCUT2D eigenvalue weighted by atomic mass is 35.5. The van der Waals surface area contributed by atoms with Gasteiger partial charge in [-0.2, -0.15) is 0 Å². The van der Waals surface area contributed by atoms with E-state index in [0.717, 1.165) is 6.54 Å². The predicted octanol–water partition coefficient (Wildman–Crippen LogP) is 0.840. The molecule has 6 nitrogen and oxygen atoms in total. The highest BCUT2D eigenvalue weighted by Gasteiger charge is 2.22. The SMILES string of the molecule is Cc1cc(S(=O)(=O)NCC2CN(C)CCO2)cc(N)c1Cl. The lowest BCUT2D eigenvalue weighted by Gasteiger charge is -2.30. The summed E-state index contributed by atoms with van der Waals surface area (Å²) in [6.07, 6.45) is -0.149. The molecule has 8 heteroatoms. The third-order valence-electron chi connectivity index (χ3n) is 3.41. The molecule has 0 bridgehead atoms. The molecule has 0 aromatic heterocycles. The molecule has 1 heterocycles. The first-order valence-corrected chi connectivity index (χ1v) is 8.51. The molecule has 0 aliphatic carbocycles. The van der Waals surface area contributed by atoms with Gasteiger partial charge in [-0.3, -0.25) is 0 Å². The average molecular weight is 334 g/mol. The van der Waals surface area contributed by atoms with Gasteiger partial charge in [0.1, 0.15) is 0 Å². The van der Waals surface area contributed by atoms with Gasteiger partial charge in [0.15, 0.2) is 0 Å². The van der Waals surface area contributed by atoms with E-state index in [2.05, 4.69) is 9.62 Å². The predicted molar refractivity (Wildman–Crippen MR) is 83.0 cm³/mol. The van der Waals surface area contributed by atoms with Crippen LogP contribution in [-0.4, -0.2) is 52.7 Å². The van der Waals surface area contributed by atoms with Crippen molar-refractivity contribution in [3.63, 3.8) is 0 Å². The van der Waals surface area contributed by atoms with Gasteiger partial charge >= 0.3 is 0 Å². The number of anilines is 1. The minimum absolute atomic E-state index is 0.117. The number of hydrogen-bond acceptors (Lipinski definition) is 5. The number of aryl methyl sites for hydroxylation is 1. The third-order valence-corrected chi connectivity index (χ3v) is 5.33. The number of halogens is 1. The van der Waals surface area contributed by atoms with Crippen molar-refractivity contribution in [2.75, 3.05) is 39.0 Å². The topological polar surface area (TPSA) is 84.7 Å². The first-order valence-electron chi connectivity index (χ1n) is 6.65. The number of rotatable bonds is 4. The van der Waals surface area contributed by atoms with Crippen molar-refractivity contribution in [3.05, 3.63) is 22.7 Å². The molecule has 118 valence electrons. The summed E-state index contributed by atoms with van der Waals surface area (Å²) in [5.74, 6) is 0. The van der Waals surface area contributed by atoms with Gasteiger partial charge in [-0.05, 0) is 31.7 Å². The van der Waals surface area contributed by atoms with Crippen molar-refractivity contribution in [3.8, 4) is 0 Å². The number of nitrogens with zero attached hydrogens (tertiary/aromatic N) is 1. The molecule has 1 atom stereocenters. The van der Waals surface area contributed by atoms with E-state index < -0.39 is 10.0 Å². The quantitative estimate of drug-likeness (QED) is 0.798. The number of nitrogens with one attached hydrogen (secondary N) is 1. The Bertz CT molecular complexity index is 598. The lowest BCUT2D eigenvalue weighted by Crippen LogP contribution is -2.45. The molecular weight excluding hydrogens is 314 g/mol. The maximum Gasteiger partial charge on any atom is 0.240 e. The van der Waals surface area contributed by atoms with Gasteiger partial charge in [0.2, 0.25) is 10.0 Å². The average Bonchev–Trinajstić information content (AvgIpc) is 2.42. The summed E-state index contributed by atoms with van der Waals surface area (Å²) in [6, 6.07) is 2.88. The fourth-order valence-corrected chi connectivity index (χ4v) is 3.49. The zero-order chi connectivity index (χ0) is 15.6.